The van der Waals surface area contributed by atoms with Crippen molar-refractivity contribution in [3.63, 3.8) is 0 Å². The van der Waals surface area contributed by atoms with E-state index in [1.165, 1.54) is 0 Å². The Morgan fingerprint density at radius 3 is 1.79 bits per heavy atom. The molecule has 0 unspecified atom stereocenters. The molecular formula is C20H12I2O2. The topological polar surface area (TPSA) is 34.1 Å². The normalized spacial score (nSPS) is 10.4. The molecule has 3 aromatic rings. The largest absolute Gasteiger partial charge is 0.289 e. The van der Waals surface area contributed by atoms with Gasteiger partial charge >= 0.3 is 0 Å². The Hall–Kier alpha value is -1.54. The van der Waals surface area contributed by atoms with Crippen LogP contribution in [-0.4, -0.2) is 11.6 Å². The minimum atomic E-state index is -0.0431. The van der Waals surface area contributed by atoms with Gasteiger partial charge in [0.2, 0.25) is 0 Å². The quantitative estimate of drug-likeness (QED) is 0.332. The fraction of sp³-hybridized carbons (Fsp3) is 0. The van der Waals surface area contributed by atoms with Gasteiger partial charge in [-0.3, -0.25) is 9.59 Å². The van der Waals surface area contributed by atoms with E-state index in [0.717, 1.165) is 7.14 Å². The maximum Gasteiger partial charge on any atom is 0.194 e. The third-order valence-electron chi connectivity index (χ3n) is 3.62. The number of ketones is 2. The third kappa shape index (κ3) is 3.75. The van der Waals surface area contributed by atoms with Crippen molar-refractivity contribution >= 4 is 56.7 Å². The molecular weight excluding hydrogens is 526 g/mol. The van der Waals surface area contributed by atoms with Gasteiger partial charge in [0.25, 0.3) is 0 Å². The van der Waals surface area contributed by atoms with E-state index in [-0.39, 0.29) is 11.6 Å². The molecule has 0 saturated carbocycles. The molecule has 0 fully saturated rings. The number of hydrogen-bond acceptors (Lipinski definition) is 2. The van der Waals surface area contributed by atoms with Crippen LogP contribution in [0.2, 0.25) is 0 Å². The van der Waals surface area contributed by atoms with Crippen molar-refractivity contribution in [2.24, 2.45) is 0 Å². The van der Waals surface area contributed by atoms with E-state index in [1.807, 2.05) is 36.4 Å². The van der Waals surface area contributed by atoms with E-state index in [9.17, 15) is 9.59 Å². The predicted molar refractivity (Wildman–Crippen MR) is 112 cm³/mol. The molecule has 0 aromatic heterocycles. The number of rotatable bonds is 4. The van der Waals surface area contributed by atoms with Gasteiger partial charge < -0.3 is 0 Å². The molecule has 0 amide bonds. The first-order valence-corrected chi connectivity index (χ1v) is 9.41. The number of carbonyl (C=O) groups is 2. The molecule has 0 bridgehead atoms. The molecule has 4 heteroatoms. The van der Waals surface area contributed by atoms with Crippen LogP contribution in [0.15, 0.2) is 72.8 Å². The van der Waals surface area contributed by atoms with Crippen LogP contribution in [0.1, 0.15) is 31.8 Å². The highest BCUT2D eigenvalue weighted by molar-refractivity contribution is 14.1. The number of hydrogen-bond donors (Lipinski definition) is 0. The first-order valence-electron chi connectivity index (χ1n) is 7.26. The van der Waals surface area contributed by atoms with E-state index in [2.05, 4.69) is 45.2 Å². The van der Waals surface area contributed by atoms with Gasteiger partial charge in [-0.05, 0) is 63.4 Å². The lowest BCUT2D eigenvalue weighted by Crippen LogP contribution is -2.06. The van der Waals surface area contributed by atoms with Gasteiger partial charge in [-0.25, -0.2) is 0 Å². The molecule has 0 atom stereocenters. The SMILES string of the molecule is O=C(c1ccccc1)c1ccc(C(=O)c2cc(I)ccc2I)cc1. The molecule has 3 aromatic carbocycles. The van der Waals surface area contributed by atoms with E-state index in [0.29, 0.717) is 22.3 Å². The van der Waals surface area contributed by atoms with Gasteiger partial charge in [0.1, 0.15) is 0 Å². The first kappa shape index (κ1) is 17.3. The smallest absolute Gasteiger partial charge is 0.194 e. The van der Waals surface area contributed by atoms with Gasteiger partial charge in [0, 0.05) is 29.4 Å². The highest BCUT2D eigenvalue weighted by Gasteiger charge is 2.14. The zero-order chi connectivity index (χ0) is 17.1. The lowest BCUT2D eigenvalue weighted by atomic mass is 9.99. The van der Waals surface area contributed by atoms with Crippen molar-refractivity contribution in [3.8, 4) is 0 Å². The standard InChI is InChI=1S/C20H12I2O2/c21-16-10-11-18(22)17(12-16)20(24)15-8-6-14(7-9-15)19(23)13-4-2-1-3-5-13/h1-12H. The summed E-state index contributed by atoms with van der Waals surface area (Å²) in [6.45, 7) is 0. The van der Waals surface area contributed by atoms with Crippen molar-refractivity contribution in [1.82, 2.24) is 0 Å². The second kappa shape index (κ2) is 7.57. The summed E-state index contributed by atoms with van der Waals surface area (Å²) in [6.07, 6.45) is 0. The Morgan fingerprint density at radius 2 is 1.17 bits per heavy atom. The fourth-order valence-corrected chi connectivity index (χ4v) is 3.43. The van der Waals surface area contributed by atoms with Gasteiger partial charge in [0.15, 0.2) is 11.6 Å². The average Bonchev–Trinajstić information content (AvgIpc) is 2.63. The summed E-state index contributed by atoms with van der Waals surface area (Å²) in [5, 5.41) is 0. The van der Waals surface area contributed by atoms with Crippen LogP contribution >= 0.6 is 45.2 Å². The Labute approximate surface area is 167 Å². The van der Waals surface area contributed by atoms with E-state index in [1.54, 1.807) is 36.4 Å². The molecule has 0 aliphatic heterocycles. The zero-order valence-electron chi connectivity index (χ0n) is 12.5. The summed E-state index contributed by atoms with van der Waals surface area (Å²) >= 11 is 4.36. The molecule has 0 aliphatic rings. The Bertz CT molecular complexity index is 901. The van der Waals surface area contributed by atoms with Crippen LogP contribution in [0.4, 0.5) is 0 Å². The van der Waals surface area contributed by atoms with Crippen molar-refractivity contribution < 1.29 is 9.59 Å². The van der Waals surface area contributed by atoms with Gasteiger partial charge in [0.05, 0.1) is 0 Å². The average molecular weight is 538 g/mol. The molecule has 0 N–H and O–H groups in total. The Balaban J connectivity index is 1.88. The summed E-state index contributed by atoms with van der Waals surface area (Å²) in [5.41, 5.74) is 2.49. The Kier molecular flexibility index (Phi) is 5.45. The summed E-state index contributed by atoms with van der Waals surface area (Å²) in [7, 11) is 0. The lowest BCUT2D eigenvalue weighted by molar-refractivity contribution is 0.102. The highest BCUT2D eigenvalue weighted by atomic mass is 127. The number of benzene rings is 3. The van der Waals surface area contributed by atoms with E-state index >= 15 is 0 Å². The monoisotopic (exact) mass is 538 g/mol. The molecule has 2 nitrogen and oxygen atoms in total. The van der Waals surface area contributed by atoms with Crippen LogP contribution in [0, 0.1) is 7.14 Å². The van der Waals surface area contributed by atoms with Gasteiger partial charge in [-0.15, -0.1) is 0 Å². The molecule has 24 heavy (non-hydrogen) atoms. The van der Waals surface area contributed by atoms with Crippen LogP contribution < -0.4 is 0 Å². The minimum absolute atomic E-state index is 0.0309. The van der Waals surface area contributed by atoms with Crippen LogP contribution in [0.25, 0.3) is 0 Å². The summed E-state index contributed by atoms with van der Waals surface area (Å²) in [5.74, 6) is -0.0740. The zero-order valence-corrected chi connectivity index (χ0v) is 16.8. The van der Waals surface area contributed by atoms with Gasteiger partial charge in [-0.1, -0.05) is 54.6 Å². The van der Waals surface area contributed by atoms with Crippen molar-refractivity contribution in [2.45, 2.75) is 0 Å². The molecule has 0 heterocycles. The number of halogens is 2. The summed E-state index contributed by atoms with van der Waals surface area (Å²) in [4.78, 5) is 25.1. The molecule has 118 valence electrons. The molecule has 0 spiro atoms. The first-order chi connectivity index (χ1) is 11.6. The Morgan fingerprint density at radius 1 is 0.625 bits per heavy atom. The maximum absolute atomic E-state index is 12.7. The summed E-state index contributed by atoms with van der Waals surface area (Å²) in [6, 6.07) is 21.8. The molecule has 0 radical (unpaired) electrons. The van der Waals surface area contributed by atoms with Gasteiger partial charge in [-0.2, -0.15) is 0 Å². The molecule has 3 rings (SSSR count). The fourth-order valence-electron chi connectivity index (χ4n) is 2.36. The van der Waals surface area contributed by atoms with Crippen molar-refractivity contribution in [1.29, 1.82) is 0 Å². The third-order valence-corrected chi connectivity index (χ3v) is 5.23. The van der Waals surface area contributed by atoms with E-state index in [4.69, 9.17) is 0 Å². The predicted octanol–water partition coefficient (Wildman–Crippen LogP) is 5.36. The van der Waals surface area contributed by atoms with Crippen LogP contribution in [0.5, 0.6) is 0 Å². The minimum Gasteiger partial charge on any atom is -0.289 e. The van der Waals surface area contributed by atoms with Crippen LogP contribution in [0.3, 0.4) is 0 Å². The van der Waals surface area contributed by atoms with Crippen molar-refractivity contribution in [2.75, 3.05) is 0 Å². The molecule has 0 aliphatic carbocycles. The van der Waals surface area contributed by atoms with Crippen molar-refractivity contribution in [3.05, 3.63) is 102 Å². The van der Waals surface area contributed by atoms with Crippen LogP contribution in [-0.2, 0) is 0 Å². The highest BCUT2D eigenvalue weighted by Crippen LogP contribution is 2.20. The molecule has 0 saturated heterocycles. The lowest BCUT2D eigenvalue weighted by Gasteiger charge is -2.06. The summed E-state index contributed by atoms with van der Waals surface area (Å²) < 4.78 is 1.94. The van der Waals surface area contributed by atoms with E-state index < -0.39 is 0 Å². The second-order valence-corrected chi connectivity index (χ2v) is 7.63. The number of carbonyl (C=O) groups excluding carboxylic acids is 2. The maximum atomic E-state index is 12.7. The second-order valence-electron chi connectivity index (χ2n) is 5.23.